The van der Waals surface area contributed by atoms with Crippen molar-refractivity contribution in [3.8, 4) is 0 Å². The number of benzene rings is 1. The molecule has 1 aromatic rings. The highest BCUT2D eigenvalue weighted by atomic mass is 35.5. The predicted octanol–water partition coefficient (Wildman–Crippen LogP) is 4.08. The molecule has 2 saturated heterocycles. The summed E-state index contributed by atoms with van der Waals surface area (Å²) in [6.45, 7) is 8.40. The van der Waals surface area contributed by atoms with E-state index in [0.29, 0.717) is 27.6 Å². The number of halogens is 2. The first kappa shape index (κ1) is 22.4. The molecule has 2 fully saturated rings. The average molecular weight is 440 g/mol. The van der Waals surface area contributed by atoms with Gasteiger partial charge < -0.3 is 15.1 Å². The molecular formula is C22H31Cl2N3O2. The van der Waals surface area contributed by atoms with Crippen molar-refractivity contribution >= 4 is 35.0 Å². The van der Waals surface area contributed by atoms with E-state index in [1.54, 1.807) is 18.2 Å². The van der Waals surface area contributed by atoms with E-state index in [4.69, 9.17) is 23.2 Å². The van der Waals surface area contributed by atoms with Crippen molar-refractivity contribution in [2.24, 2.45) is 11.8 Å². The number of carbonyl (C=O) groups excluding carboxylic acids is 2. The zero-order valence-electron chi connectivity index (χ0n) is 17.3. The molecule has 0 aliphatic carbocycles. The number of nitrogens with zero attached hydrogens (tertiary/aromatic N) is 2. The Labute approximate surface area is 183 Å². The van der Waals surface area contributed by atoms with E-state index in [2.05, 4.69) is 24.1 Å². The summed E-state index contributed by atoms with van der Waals surface area (Å²) < 4.78 is 0. The molecule has 5 nitrogen and oxygen atoms in total. The van der Waals surface area contributed by atoms with Crippen LogP contribution >= 0.6 is 23.2 Å². The van der Waals surface area contributed by atoms with Crippen LogP contribution in [0.2, 0.25) is 10.0 Å². The van der Waals surface area contributed by atoms with Gasteiger partial charge in [-0.05, 0) is 62.9 Å². The summed E-state index contributed by atoms with van der Waals surface area (Å²) in [7, 11) is 0. The van der Waals surface area contributed by atoms with Crippen LogP contribution in [0.1, 0.15) is 49.9 Å². The Kier molecular flexibility index (Phi) is 7.83. The SMILES string of the molecule is CC(C)CNC(=O)C1CCN(C2CCN(C(=O)c3ccc(Cl)c(Cl)c3)CC2)CC1. The molecule has 0 radical (unpaired) electrons. The topological polar surface area (TPSA) is 52.7 Å². The van der Waals surface area contributed by atoms with E-state index in [9.17, 15) is 9.59 Å². The minimum Gasteiger partial charge on any atom is -0.356 e. The summed E-state index contributed by atoms with van der Waals surface area (Å²) in [6.07, 6.45) is 3.78. The van der Waals surface area contributed by atoms with Crippen LogP contribution in [0.5, 0.6) is 0 Å². The van der Waals surface area contributed by atoms with Gasteiger partial charge in [-0.3, -0.25) is 9.59 Å². The molecular weight excluding hydrogens is 409 g/mol. The fourth-order valence-corrected chi connectivity index (χ4v) is 4.52. The van der Waals surface area contributed by atoms with Crippen LogP contribution in [-0.2, 0) is 4.79 Å². The number of piperidine rings is 2. The molecule has 2 amide bonds. The van der Waals surface area contributed by atoms with Crippen molar-refractivity contribution in [1.29, 1.82) is 0 Å². The zero-order chi connectivity index (χ0) is 21.0. The molecule has 3 rings (SSSR count). The van der Waals surface area contributed by atoms with Gasteiger partial charge in [0.25, 0.3) is 5.91 Å². The largest absolute Gasteiger partial charge is 0.356 e. The number of amides is 2. The second-order valence-corrected chi connectivity index (χ2v) is 9.42. The summed E-state index contributed by atoms with van der Waals surface area (Å²) in [5.41, 5.74) is 0.589. The standard InChI is InChI=1S/C22H31Cl2N3O2/c1-15(2)14-25-21(28)16-5-9-26(10-6-16)18-7-11-27(12-8-18)22(29)17-3-4-19(23)20(24)13-17/h3-4,13,15-16,18H,5-12,14H2,1-2H3,(H,25,28). The first-order valence-corrected chi connectivity index (χ1v) is 11.4. The van der Waals surface area contributed by atoms with Crippen molar-refractivity contribution in [3.63, 3.8) is 0 Å². The Morgan fingerprint density at radius 3 is 2.28 bits per heavy atom. The molecule has 0 bridgehead atoms. The fourth-order valence-electron chi connectivity index (χ4n) is 4.22. The number of likely N-dealkylation sites (tertiary alicyclic amines) is 2. The van der Waals surface area contributed by atoms with Gasteiger partial charge in [-0.25, -0.2) is 0 Å². The van der Waals surface area contributed by atoms with Gasteiger partial charge in [0.2, 0.25) is 5.91 Å². The monoisotopic (exact) mass is 439 g/mol. The van der Waals surface area contributed by atoms with Crippen LogP contribution < -0.4 is 5.32 Å². The van der Waals surface area contributed by atoms with Gasteiger partial charge in [-0.15, -0.1) is 0 Å². The predicted molar refractivity (Wildman–Crippen MR) is 118 cm³/mol. The van der Waals surface area contributed by atoms with E-state index in [-0.39, 0.29) is 17.7 Å². The van der Waals surface area contributed by atoms with E-state index in [0.717, 1.165) is 58.4 Å². The van der Waals surface area contributed by atoms with Gasteiger partial charge in [-0.2, -0.15) is 0 Å². The molecule has 29 heavy (non-hydrogen) atoms. The molecule has 0 spiro atoms. The molecule has 2 heterocycles. The van der Waals surface area contributed by atoms with Crippen molar-refractivity contribution in [1.82, 2.24) is 15.1 Å². The summed E-state index contributed by atoms with van der Waals surface area (Å²) in [6, 6.07) is 5.55. The number of hydrogen-bond acceptors (Lipinski definition) is 3. The van der Waals surface area contributed by atoms with Crippen LogP contribution in [0.3, 0.4) is 0 Å². The third kappa shape index (κ3) is 5.87. The highest BCUT2D eigenvalue weighted by molar-refractivity contribution is 6.42. The summed E-state index contributed by atoms with van der Waals surface area (Å²) >= 11 is 12.0. The molecule has 0 unspecified atom stereocenters. The Hall–Kier alpha value is -1.30. The normalized spacial score (nSPS) is 19.6. The number of nitrogens with one attached hydrogen (secondary N) is 1. The number of rotatable bonds is 5. The second-order valence-electron chi connectivity index (χ2n) is 8.60. The van der Waals surface area contributed by atoms with Crippen LogP contribution in [0.25, 0.3) is 0 Å². The molecule has 2 aliphatic rings. The van der Waals surface area contributed by atoms with Gasteiger partial charge >= 0.3 is 0 Å². The Bertz CT molecular complexity index is 725. The maximum atomic E-state index is 12.7. The molecule has 160 valence electrons. The second kappa shape index (κ2) is 10.1. The molecule has 7 heteroatoms. The van der Waals surface area contributed by atoms with Gasteiger partial charge in [0.15, 0.2) is 0 Å². The zero-order valence-corrected chi connectivity index (χ0v) is 18.8. The maximum absolute atomic E-state index is 12.7. The van der Waals surface area contributed by atoms with E-state index in [1.807, 2.05) is 4.90 Å². The highest BCUT2D eigenvalue weighted by Gasteiger charge is 2.31. The number of hydrogen-bond donors (Lipinski definition) is 1. The van der Waals surface area contributed by atoms with Crippen LogP contribution in [0.4, 0.5) is 0 Å². The van der Waals surface area contributed by atoms with Gasteiger partial charge in [0.05, 0.1) is 10.0 Å². The van der Waals surface area contributed by atoms with Crippen LogP contribution in [0, 0.1) is 11.8 Å². The number of carbonyl (C=O) groups is 2. The Balaban J connectivity index is 1.45. The first-order valence-electron chi connectivity index (χ1n) is 10.6. The highest BCUT2D eigenvalue weighted by Crippen LogP contribution is 2.26. The maximum Gasteiger partial charge on any atom is 0.253 e. The molecule has 2 aliphatic heterocycles. The van der Waals surface area contributed by atoms with Gasteiger partial charge in [0, 0.05) is 37.2 Å². The lowest BCUT2D eigenvalue weighted by molar-refractivity contribution is -0.126. The van der Waals surface area contributed by atoms with E-state index >= 15 is 0 Å². The fraction of sp³-hybridized carbons (Fsp3) is 0.636. The minimum atomic E-state index is 0.0162. The summed E-state index contributed by atoms with van der Waals surface area (Å²) in [5, 5.41) is 3.94. The Morgan fingerprint density at radius 1 is 1.03 bits per heavy atom. The summed E-state index contributed by atoms with van der Waals surface area (Å²) in [4.78, 5) is 29.4. The molecule has 0 saturated carbocycles. The molecule has 0 aromatic heterocycles. The average Bonchev–Trinajstić information content (AvgIpc) is 2.73. The smallest absolute Gasteiger partial charge is 0.253 e. The van der Waals surface area contributed by atoms with Crippen molar-refractivity contribution in [3.05, 3.63) is 33.8 Å². The lowest BCUT2D eigenvalue weighted by Gasteiger charge is -2.41. The third-order valence-corrected chi connectivity index (χ3v) is 6.76. The van der Waals surface area contributed by atoms with Gasteiger partial charge in [0.1, 0.15) is 0 Å². The Morgan fingerprint density at radius 2 is 1.69 bits per heavy atom. The minimum absolute atomic E-state index is 0.0162. The molecule has 1 N–H and O–H groups in total. The quantitative estimate of drug-likeness (QED) is 0.751. The molecule has 1 aromatic carbocycles. The van der Waals surface area contributed by atoms with Gasteiger partial charge in [-0.1, -0.05) is 37.0 Å². The lowest BCUT2D eigenvalue weighted by atomic mass is 9.92. The third-order valence-electron chi connectivity index (χ3n) is 6.02. The van der Waals surface area contributed by atoms with E-state index < -0.39 is 0 Å². The van der Waals surface area contributed by atoms with Crippen LogP contribution in [-0.4, -0.2) is 60.4 Å². The van der Waals surface area contributed by atoms with E-state index in [1.165, 1.54) is 0 Å². The molecule has 0 atom stereocenters. The van der Waals surface area contributed by atoms with Crippen molar-refractivity contribution in [2.45, 2.75) is 45.6 Å². The van der Waals surface area contributed by atoms with Crippen molar-refractivity contribution < 1.29 is 9.59 Å². The van der Waals surface area contributed by atoms with Crippen molar-refractivity contribution in [2.75, 3.05) is 32.7 Å². The summed E-state index contributed by atoms with van der Waals surface area (Å²) in [5.74, 6) is 0.847. The first-order chi connectivity index (χ1) is 13.8. The lowest BCUT2D eigenvalue weighted by Crippen LogP contribution is -2.50. The van der Waals surface area contributed by atoms with Crippen LogP contribution in [0.15, 0.2) is 18.2 Å².